The van der Waals surface area contributed by atoms with Gasteiger partial charge in [0.2, 0.25) is 0 Å². The lowest BCUT2D eigenvalue weighted by Crippen LogP contribution is -2.34. The van der Waals surface area contributed by atoms with Crippen LogP contribution in [-0.4, -0.2) is 39.2 Å². The molecule has 1 fully saturated rings. The summed E-state index contributed by atoms with van der Waals surface area (Å²) in [6.07, 6.45) is 4.19. The van der Waals surface area contributed by atoms with Crippen molar-refractivity contribution in [3.63, 3.8) is 0 Å². The lowest BCUT2D eigenvalue weighted by Gasteiger charge is -2.22. The number of nitrogen functional groups attached to an aromatic ring is 1. The molecule has 1 unspecified atom stereocenters. The minimum Gasteiger partial charge on any atom is -0.463 e. The van der Waals surface area contributed by atoms with Gasteiger partial charge in [-0.25, -0.2) is 4.79 Å². The van der Waals surface area contributed by atoms with Crippen molar-refractivity contribution < 1.29 is 4.74 Å². The molecular formula is C15H24N6O2. The van der Waals surface area contributed by atoms with Crippen molar-refractivity contribution in [2.24, 2.45) is 5.92 Å². The number of unbranched alkanes of at least 4 members (excludes halogenated alkanes) is 1. The molecule has 3 heterocycles. The summed E-state index contributed by atoms with van der Waals surface area (Å²) in [7, 11) is 0. The van der Waals surface area contributed by atoms with E-state index in [1.165, 1.54) is 0 Å². The molecule has 0 aromatic carbocycles. The summed E-state index contributed by atoms with van der Waals surface area (Å²) in [6.45, 7) is 5.21. The van der Waals surface area contributed by atoms with Crippen molar-refractivity contribution >= 4 is 17.0 Å². The molecule has 1 aliphatic heterocycles. The van der Waals surface area contributed by atoms with Gasteiger partial charge in [-0.15, -0.1) is 0 Å². The van der Waals surface area contributed by atoms with Gasteiger partial charge in [0.15, 0.2) is 11.5 Å². The lowest BCUT2D eigenvalue weighted by molar-refractivity contribution is 0.286. The number of ether oxygens (including phenoxy) is 1. The first-order chi connectivity index (χ1) is 11.2. The molecule has 8 nitrogen and oxygen atoms in total. The topological polar surface area (TPSA) is 111 Å². The average Bonchev–Trinajstić information content (AvgIpc) is 2.86. The first-order valence-electron chi connectivity index (χ1n) is 8.28. The van der Waals surface area contributed by atoms with Crippen LogP contribution >= 0.6 is 0 Å². The van der Waals surface area contributed by atoms with Gasteiger partial charge >= 0.3 is 11.7 Å². The molecular weight excluding hydrogens is 296 g/mol. The summed E-state index contributed by atoms with van der Waals surface area (Å²) in [6, 6.07) is 0.234. The van der Waals surface area contributed by atoms with E-state index in [4.69, 9.17) is 10.5 Å². The van der Waals surface area contributed by atoms with Gasteiger partial charge in [-0.3, -0.25) is 4.57 Å². The van der Waals surface area contributed by atoms with Crippen LogP contribution < -0.4 is 21.5 Å². The van der Waals surface area contributed by atoms with E-state index in [1.54, 1.807) is 4.57 Å². The number of nitrogens with one attached hydrogen (secondary N) is 2. The second-order valence-corrected chi connectivity index (χ2v) is 6.05. The predicted molar refractivity (Wildman–Crippen MR) is 88.6 cm³/mol. The number of H-pyrrole nitrogens is 1. The maximum Gasteiger partial charge on any atom is 0.327 e. The number of hydrogen-bond donors (Lipinski definition) is 3. The molecule has 0 amide bonds. The highest BCUT2D eigenvalue weighted by Gasteiger charge is 2.19. The van der Waals surface area contributed by atoms with Crippen LogP contribution in [0.25, 0.3) is 11.2 Å². The van der Waals surface area contributed by atoms with Crippen molar-refractivity contribution in [1.82, 2.24) is 24.8 Å². The molecule has 0 aliphatic carbocycles. The Bertz CT molecular complexity index is 717. The van der Waals surface area contributed by atoms with Crippen LogP contribution in [0.1, 0.15) is 32.6 Å². The summed E-state index contributed by atoms with van der Waals surface area (Å²) in [5, 5.41) is 3.36. The first-order valence-corrected chi connectivity index (χ1v) is 8.28. The standard InChI is InChI=1S/C15H24N6O2/c1-2-3-7-23-14-19-12(16)11-13(20-14)21(15(22)18-11)9-10-5-4-6-17-8-10/h10,17H,2-9H2,1H3,(H,18,22)(H2,16,19,20). The van der Waals surface area contributed by atoms with Crippen LogP contribution in [0.2, 0.25) is 0 Å². The van der Waals surface area contributed by atoms with E-state index < -0.39 is 0 Å². The first kappa shape index (κ1) is 15.8. The Balaban J connectivity index is 1.89. The van der Waals surface area contributed by atoms with Gasteiger partial charge in [0.05, 0.1) is 6.61 Å². The average molecular weight is 320 g/mol. The number of piperidine rings is 1. The van der Waals surface area contributed by atoms with Crippen LogP contribution in [0.4, 0.5) is 5.82 Å². The lowest BCUT2D eigenvalue weighted by atomic mass is 10.00. The molecule has 0 spiro atoms. The highest BCUT2D eigenvalue weighted by atomic mass is 16.5. The van der Waals surface area contributed by atoms with Gasteiger partial charge < -0.3 is 20.8 Å². The fraction of sp³-hybridized carbons (Fsp3) is 0.667. The van der Waals surface area contributed by atoms with Gasteiger partial charge in [-0.1, -0.05) is 13.3 Å². The van der Waals surface area contributed by atoms with Crippen molar-refractivity contribution in [2.45, 2.75) is 39.2 Å². The molecule has 0 saturated carbocycles. The zero-order valence-electron chi connectivity index (χ0n) is 13.5. The smallest absolute Gasteiger partial charge is 0.327 e. The third kappa shape index (κ3) is 3.47. The second kappa shape index (κ2) is 6.99. The Labute approximate surface area is 134 Å². The third-order valence-electron chi connectivity index (χ3n) is 4.20. The van der Waals surface area contributed by atoms with E-state index >= 15 is 0 Å². The van der Waals surface area contributed by atoms with Gasteiger partial charge in [0, 0.05) is 6.54 Å². The van der Waals surface area contributed by atoms with E-state index in [9.17, 15) is 4.79 Å². The minimum absolute atomic E-state index is 0.197. The molecule has 1 aliphatic rings. The number of imidazole rings is 1. The zero-order valence-corrected chi connectivity index (χ0v) is 13.5. The van der Waals surface area contributed by atoms with Gasteiger partial charge in [0.1, 0.15) is 5.52 Å². The maximum atomic E-state index is 12.3. The normalized spacial score (nSPS) is 18.4. The number of fused-ring (bicyclic) bond motifs is 1. The van der Waals surface area contributed by atoms with Crippen LogP contribution in [-0.2, 0) is 6.54 Å². The minimum atomic E-state index is -0.197. The molecule has 3 rings (SSSR count). The Morgan fingerprint density at radius 3 is 3.04 bits per heavy atom. The molecule has 8 heteroatoms. The molecule has 0 radical (unpaired) electrons. The van der Waals surface area contributed by atoms with Crippen LogP contribution in [0.3, 0.4) is 0 Å². The SMILES string of the molecule is CCCCOc1nc(N)c2[nH]c(=O)n(CC3CCCNC3)c2n1. The van der Waals surface area contributed by atoms with Crippen molar-refractivity contribution in [1.29, 1.82) is 0 Å². The summed E-state index contributed by atoms with van der Waals surface area (Å²) in [5.41, 5.74) is 6.77. The molecule has 126 valence electrons. The summed E-state index contributed by atoms with van der Waals surface area (Å²) < 4.78 is 7.20. The number of nitrogens with zero attached hydrogens (tertiary/aromatic N) is 3. The fourth-order valence-electron chi connectivity index (χ4n) is 2.91. The summed E-state index contributed by atoms with van der Waals surface area (Å²) in [4.78, 5) is 23.5. The molecule has 2 aromatic rings. The number of aromatic nitrogens is 4. The van der Waals surface area contributed by atoms with Crippen molar-refractivity contribution in [2.75, 3.05) is 25.4 Å². The Kier molecular flexibility index (Phi) is 4.80. The highest BCUT2D eigenvalue weighted by Crippen LogP contribution is 2.20. The van der Waals surface area contributed by atoms with Crippen molar-refractivity contribution in [3.05, 3.63) is 10.5 Å². The number of aromatic amines is 1. The zero-order chi connectivity index (χ0) is 16.2. The maximum absolute atomic E-state index is 12.3. The molecule has 23 heavy (non-hydrogen) atoms. The second-order valence-electron chi connectivity index (χ2n) is 6.05. The van der Waals surface area contributed by atoms with Gasteiger partial charge in [-0.05, 0) is 38.3 Å². The van der Waals surface area contributed by atoms with Crippen LogP contribution in [0.15, 0.2) is 4.79 Å². The number of nitrogens with two attached hydrogens (primary N) is 1. The van der Waals surface area contributed by atoms with Crippen LogP contribution in [0.5, 0.6) is 6.01 Å². The van der Waals surface area contributed by atoms with E-state index in [-0.39, 0.29) is 17.5 Å². The van der Waals surface area contributed by atoms with Gasteiger partial charge in [0.25, 0.3) is 0 Å². The van der Waals surface area contributed by atoms with E-state index in [2.05, 4.69) is 27.2 Å². The van der Waals surface area contributed by atoms with Crippen LogP contribution in [0, 0.1) is 5.92 Å². The molecule has 1 saturated heterocycles. The fourth-order valence-corrected chi connectivity index (χ4v) is 2.91. The summed E-state index contributed by atoms with van der Waals surface area (Å²) >= 11 is 0. The number of hydrogen-bond acceptors (Lipinski definition) is 6. The quantitative estimate of drug-likeness (QED) is 0.681. The largest absolute Gasteiger partial charge is 0.463 e. The Morgan fingerprint density at radius 1 is 1.43 bits per heavy atom. The molecule has 0 bridgehead atoms. The molecule has 1 atom stereocenters. The predicted octanol–water partition coefficient (Wildman–Crippen LogP) is 0.880. The molecule has 4 N–H and O–H groups in total. The number of rotatable bonds is 6. The van der Waals surface area contributed by atoms with Gasteiger partial charge in [-0.2, -0.15) is 9.97 Å². The number of anilines is 1. The summed E-state index contributed by atoms with van der Waals surface area (Å²) in [5.74, 6) is 0.667. The highest BCUT2D eigenvalue weighted by molar-refractivity contribution is 5.81. The monoisotopic (exact) mass is 320 g/mol. The van der Waals surface area contributed by atoms with E-state index in [0.29, 0.717) is 30.2 Å². The Hall–Kier alpha value is -2.09. The van der Waals surface area contributed by atoms with E-state index in [1.807, 2.05) is 0 Å². The van der Waals surface area contributed by atoms with E-state index in [0.717, 1.165) is 38.8 Å². The Morgan fingerprint density at radius 2 is 2.30 bits per heavy atom. The van der Waals surface area contributed by atoms with Crippen molar-refractivity contribution in [3.8, 4) is 6.01 Å². The molecule has 2 aromatic heterocycles. The third-order valence-corrected chi connectivity index (χ3v) is 4.20.